The predicted octanol–water partition coefficient (Wildman–Crippen LogP) is 2.60. The molecule has 4 nitrogen and oxygen atoms in total. The second-order valence-electron chi connectivity index (χ2n) is 3.43. The lowest BCUT2D eigenvalue weighted by atomic mass is 10.3. The summed E-state index contributed by atoms with van der Waals surface area (Å²) in [6, 6.07) is 3.29. The van der Waals surface area contributed by atoms with Crippen LogP contribution in [0.4, 0.5) is 10.1 Å². The van der Waals surface area contributed by atoms with Gasteiger partial charge in [0.2, 0.25) is 0 Å². The molecule has 0 aliphatic rings. The second-order valence-corrected chi connectivity index (χ2v) is 4.85. The Balaban J connectivity index is 3.01. The maximum Gasteiger partial charge on any atom is 0.283 e. The van der Waals surface area contributed by atoms with E-state index in [0.29, 0.717) is 0 Å². The highest BCUT2D eigenvalue weighted by atomic mass is 32.2. The van der Waals surface area contributed by atoms with Crippen LogP contribution in [0.15, 0.2) is 23.1 Å². The van der Waals surface area contributed by atoms with Crippen LogP contribution < -0.4 is 0 Å². The summed E-state index contributed by atoms with van der Waals surface area (Å²) < 4.78 is 13.0. The number of aliphatic hydroxyl groups is 1. The van der Waals surface area contributed by atoms with Crippen molar-refractivity contribution in [1.82, 2.24) is 0 Å². The number of halogens is 1. The number of nitro benzene ring substituents is 1. The highest BCUT2D eigenvalue weighted by Crippen LogP contribution is 2.33. The molecule has 0 heterocycles. The van der Waals surface area contributed by atoms with Gasteiger partial charge in [-0.05, 0) is 19.1 Å². The molecule has 1 aromatic rings. The summed E-state index contributed by atoms with van der Waals surface area (Å²) in [5.74, 6) is -0.522. The van der Waals surface area contributed by atoms with Crippen molar-refractivity contribution in [3.8, 4) is 0 Å². The standard InChI is InChI=1S/C10H12FNO3S/c1-6(13)7(2)16-10-5-8(11)3-4-9(10)12(14)15/h3-7,13H,1-2H3. The van der Waals surface area contributed by atoms with Crippen LogP contribution in [-0.2, 0) is 0 Å². The zero-order valence-electron chi connectivity index (χ0n) is 8.88. The second kappa shape index (κ2) is 5.27. The van der Waals surface area contributed by atoms with Gasteiger partial charge in [-0.3, -0.25) is 10.1 Å². The molecule has 0 spiro atoms. The van der Waals surface area contributed by atoms with E-state index in [9.17, 15) is 19.6 Å². The normalized spacial score (nSPS) is 14.5. The minimum absolute atomic E-state index is 0.140. The van der Waals surface area contributed by atoms with Crippen LogP contribution in [0.5, 0.6) is 0 Å². The SMILES string of the molecule is CC(O)C(C)Sc1cc(F)ccc1[N+](=O)[O-]. The Hall–Kier alpha value is -1.14. The molecule has 0 saturated carbocycles. The molecular formula is C10H12FNO3S. The van der Waals surface area contributed by atoms with Crippen LogP contribution in [-0.4, -0.2) is 21.4 Å². The molecule has 0 amide bonds. The van der Waals surface area contributed by atoms with Gasteiger partial charge in [0.05, 0.1) is 15.9 Å². The van der Waals surface area contributed by atoms with Crippen molar-refractivity contribution in [2.75, 3.05) is 0 Å². The minimum Gasteiger partial charge on any atom is -0.392 e. The first-order valence-corrected chi connectivity index (χ1v) is 5.58. The van der Waals surface area contributed by atoms with E-state index in [4.69, 9.17) is 0 Å². The maximum absolute atomic E-state index is 13.0. The van der Waals surface area contributed by atoms with E-state index in [-0.39, 0.29) is 15.8 Å². The van der Waals surface area contributed by atoms with Gasteiger partial charge in [0.1, 0.15) is 5.82 Å². The molecule has 1 rings (SSSR count). The number of thioether (sulfide) groups is 1. The molecule has 2 unspecified atom stereocenters. The fourth-order valence-corrected chi connectivity index (χ4v) is 2.07. The Kier molecular flexibility index (Phi) is 4.26. The molecule has 6 heteroatoms. The van der Waals surface area contributed by atoms with Crippen molar-refractivity contribution >= 4 is 17.4 Å². The van der Waals surface area contributed by atoms with E-state index in [1.807, 2.05) is 0 Å². The molecule has 0 bridgehead atoms. The number of benzene rings is 1. The van der Waals surface area contributed by atoms with Gasteiger partial charge in [-0.25, -0.2) is 4.39 Å². The van der Waals surface area contributed by atoms with Crippen LogP contribution in [0.1, 0.15) is 13.8 Å². The van der Waals surface area contributed by atoms with Crippen LogP contribution in [0, 0.1) is 15.9 Å². The Morgan fingerprint density at radius 1 is 1.50 bits per heavy atom. The third kappa shape index (κ3) is 3.18. The predicted molar refractivity (Wildman–Crippen MR) is 60.1 cm³/mol. The fraction of sp³-hybridized carbons (Fsp3) is 0.400. The van der Waals surface area contributed by atoms with Crippen LogP contribution in [0.2, 0.25) is 0 Å². The number of rotatable bonds is 4. The highest BCUT2D eigenvalue weighted by Gasteiger charge is 2.19. The zero-order chi connectivity index (χ0) is 12.3. The quantitative estimate of drug-likeness (QED) is 0.503. The van der Waals surface area contributed by atoms with Crippen molar-refractivity contribution in [2.24, 2.45) is 0 Å². The summed E-state index contributed by atoms with van der Waals surface area (Å²) in [4.78, 5) is 10.4. The van der Waals surface area contributed by atoms with E-state index in [1.165, 1.54) is 0 Å². The summed E-state index contributed by atoms with van der Waals surface area (Å²) >= 11 is 1.09. The first kappa shape index (κ1) is 12.9. The maximum atomic E-state index is 13.0. The highest BCUT2D eigenvalue weighted by molar-refractivity contribution is 8.00. The number of nitrogens with zero attached hydrogens (tertiary/aromatic N) is 1. The molecule has 0 saturated heterocycles. The molecule has 0 aliphatic carbocycles. The molecule has 1 N–H and O–H groups in total. The summed E-state index contributed by atoms with van der Waals surface area (Å²) in [6.45, 7) is 3.31. The Morgan fingerprint density at radius 3 is 2.62 bits per heavy atom. The lowest BCUT2D eigenvalue weighted by Gasteiger charge is -2.13. The van der Waals surface area contributed by atoms with E-state index in [0.717, 1.165) is 30.0 Å². The number of hydrogen-bond acceptors (Lipinski definition) is 4. The summed E-state index contributed by atoms with van der Waals surface area (Å²) in [7, 11) is 0. The summed E-state index contributed by atoms with van der Waals surface area (Å²) in [6.07, 6.45) is -0.618. The topological polar surface area (TPSA) is 63.4 Å². The van der Waals surface area contributed by atoms with Gasteiger partial charge in [0, 0.05) is 11.3 Å². The number of nitro groups is 1. The smallest absolute Gasteiger partial charge is 0.283 e. The van der Waals surface area contributed by atoms with Gasteiger partial charge < -0.3 is 5.11 Å². The lowest BCUT2D eigenvalue weighted by molar-refractivity contribution is -0.387. The van der Waals surface area contributed by atoms with Crippen molar-refractivity contribution in [3.05, 3.63) is 34.1 Å². The molecule has 16 heavy (non-hydrogen) atoms. The Morgan fingerprint density at radius 2 is 2.12 bits per heavy atom. The van der Waals surface area contributed by atoms with Gasteiger partial charge >= 0.3 is 0 Å². The molecule has 0 aliphatic heterocycles. The fourth-order valence-electron chi connectivity index (χ4n) is 1.03. The lowest BCUT2D eigenvalue weighted by Crippen LogP contribution is -2.15. The van der Waals surface area contributed by atoms with Crippen LogP contribution in [0.3, 0.4) is 0 Å². The molecule has 1 aromatic carbocycles. The molecule has 0 fully saturated rings. The van der Waals surface area contributed by atoms with Gasteiger partial charge in [0.25, 0.3) is 5.69 Å². The molecule has 0 aromatic heterocycles. The monoisotopic (exact) mass is 245 g/mol. The van der Waals surface area contributed by atoms with Crippen molar-refractivity contribution in [3.63, 3.8) is 0 Å². The van der Waals surface area contributed by atoms with E-state index < -0.39 is 16.8 Å². The molecule has 88 valence electrons. The molecular weight excluding hydrogens is 233 g/mol. The molecule has 2 atom stereocenters. The molecule has 0 radical (unpaired) electrons. The third-order valence-electron chi connectivity index (χ3n) is 2.11. The van der Waals surface area contributed by atoms with Gasteiger partial charge in [-0.1, -0.05) is 6.92 Å². The van der Waals surface area contributed by atoms with Crippen molar-refractivity contribution < 1.29 is 14.4 Å². The van der Waals surface area contributed by atoms with Gasteiger partial charge in [-0.15, -0.1) is 11.8 Å². The van der Waals surface area contributed by atoms with Gasteiger partial charge in [0.15, 0.2) is 0 Å². The van der Waals surface area contributed by atoms with Crippen molar-refractivity contribution in [1.29, 1.82) is 0 Å². The average molecular weight is 245 g/mol. The zero-order valence-corrected chi connectivity index (χ0v) is 9.70. The van der Waals surface area contributed by atoms with Gasteiger partial charge in [-0.2, -0.15) is 0 Å². The van der Waals surface area contributed by atoms with E-state index in [1.54, 1.807) is 13.8 Å². The first-order valence-electron chi connectivity index (χ1n) is 4.70. The summed E-state index contributed by atoms with van der Waals surface area (Å²) in [5, 5.41) is 19.8. The van der Waals surface area contributed by atoms with E-state index in [2.05, 4.69) is 0 Å². The van der Waals surface area contributed by atoms with E-state index >= 15 is 0 Å². The Bertz CT molecular complexity index is 398. The van der Waals surface area contributed by atoms with Crippen molar-refractivity contribution in [2.45, 2.75) is 30.1 Å². The average Bonchev–Trinajstić information content (AvgIpc) is 2.16. The minimum atomic E-state index is -0.618. The Labute approximate surface area is 96.6 Å². The van der Waals surface area contributed by atoms with Crippen LogP contribution >= 0.6 is 11.8 Å². The number of aliphatic hydroxyl groups excluding tert-OH is 1. The largest absolute Gasteiger partial charge is 0.392 e. The number of hydrogen-bond donors (Lipinski definition) is 1. The van der Waals surface area contributed by atoms with Crippen LogP contribution in [0.25, 0.3) is 0 Å². The first-order chi connectivity index (χ1) is 7.41. The summed E-state index contributed by atoms with van der Waals surface area (Å²) in [5.41, 5.74) is -0.140. The third-order valence-corrected chi connectivity index (χ3v) is 3.46.